The first kappa shape index (κ1) is 3.92. The first-order valence-electron chi connectivity index (χ1n) is 3.95. The zero-order valence-electron chi connectivity index (χ0n) is 5.14. The van der Waals surface area contributed by atoms with Crippen molar-refractivity contribution in [2.24, 2.45) is 23.7 Å². The van der Waals surface area contributed by atoms with Crippen LogP contribution in [0.3, 0.4) is 0 Å². The summed E-state index contributed by atoms with van der Waals surface area (Å²) in [6.07, 6.45) is 6.42. The van der Waals surface area contributed by atoms with Gasteiger partial charge >= 0.3 is 0 Å². The molecule has 0 nitrogen and oxygen atoms in total. The van der Waals surface area contributed by atoms with Gasteiger partial charge < -0.3 is 0 Å². The van der Waals surface area contributed by atoms with E-state index in [4.69, 9.17) is 0 Å². The highest BCUT2D eigenvalue weighted by molar-refractivity contribution is 5.06. The molecule has 3 aliphatic carbocycles. The third kappa shape index (κ3) is 0.284. The Morgan fingerprint density at radius 2 is 1.38 bits per heavy atom. The Kier molecular flexibility index (Phi) is 0.482. The van der Waals surface area contributed by atoms with Gasteiger partial charge in [0.15, 0.2) is 0 Å². The van der Waals surface area contributed by atoms with Crippen molar-refractivity contribution >= 4 is 0 Å². The van der Waals surface area contributed by atoms with Gasteiger partial charge in [-0.25, -0.2) is 0 Å². The van der Waals surface area contributed by atoms with Gasteiger partial charge in [0.05, 0.1) is 0 Å². The second-order valence-corrected chi connectivity index (χ2v) is 3.90. The smallest absolute Gasteiger partial charge is 0.0352 e. The molecular weight excluding hydrogens is 96.1 g/mol. The molecule has 8 heavy (non-hydrogen) atoms. The van der Waals surface area contributed by atoms with E-state index < -0.39 is 0 Å². The van der Waals surface area contributed by atoms with E-state index in [2.05, 4.69) is 0 Å². The second-order valence-electron chi connectivity index (χ2n) is 3.90. The molecular formula is C8H12. The molecule has 3 fully saturated rings. The molecule has 0 aromatic carbocycles. The van der Waals surface area contributed by atoms with Crippen LogP contribution >= 0.6 is 0 Å². The summed E-state index contributed by atoms with van der Waals surface area (Å²) in [6, 6.07) is 0. The summed E-state index contributed by atoms with van der Waals surface area (Å²) in [5, 5.41) is 0. The molecule has 1 unspecified atom stereocenters. The monoisotopic (exact) mass is 108 g/mol. The van der Waals surface area contributed by atoms with Crippen LogP contribution in [0.5, 0.6) is 0 Å². The summed E-state index contributed by atoms with van der Waals surface area (Å²) in [7, 11) is 0. The van der Waals surface area contributed by atoms with E-state index >= 15 is 0 Å². The summed E-state index contributed by atoms with van der Waals surface area (Å²) >= 11 is 0. The number of hydrogen-bond acceptors (Lipinski definition) is 0. The Morgan fingerprint density at radius 1 is 0.750 bits per heavy atom. The van der Waals surface area contributed by atoms with E-state index in [0.29, 0.717) is 0 Å². The second kappa shape index (κ2) is 0.984. The lowest BCUT2D eigenvalue weighted by Crippen LogP contribution is -1.95. The number of hydrogen-bond donors (Lipinski definition) is 0. The van der Waals surface area contributed by atoms with Crippen LogP contribution in [-0.4, -0.2) is 0 Å². The maximum Gasteiger partial charge on any atom is -0.0352 e. The van der Waals surface area contributed by atoms with Crippen LogP contribution in [-0.2, 0) is 0 Å². The third-order valence-electron chi connectivity index (χ3n) is 3.62. The molecule has 0 N–H and O–H groups in total. The molecule has 2 bridgehead atoms. The molecule has 3 rings (SSSR count). The lowest BCUT2D eigenvalue weighted by atomic mass is 10.0. The van der Waals surface area contributed by atoms with Gasteiger partial charge in [0.25, 0.3) is 0 Å². The van der Waals surface area contributed by atoms with Crippen molar-refractivity contribution in [1.29, 1.82) is 0 Å². The van der Waals surface area contributed by atoms with Crippen molar-refractivity contribution in [3.63, 3.8) is 0 Å². The highest BCUT2D eigenvalue weighted by Gasteiger charge is 2.56. The molecule has 4 atom stereocenters. The average molecular weight is 108 g/mol. The Morgan fingerprint density at radius 3 is 1.75 bits per heavy atom. The fraction of sp³-hybridized carbons (Fsp3) is 1.00. The van der Waals surface area contributed by atoms with Crippen molar-refractivity contribution in [2.45, 2.75) is 25.7 Å². The fourth-order valence-electron chi connectivity index (χ4n) is 3.15. The molecule has 0 aromatic rings. The van der Waals surface area contributed by atoms with Crippen molar-refractivity contribution in [2.75, 3.05) is 0 Å². The molecule has 0 radical (unpaired) electrons. The fourth-order valence-corrected chi connectivity index (χ4v) is 3.15. The Hall–Kier alpha value is 0. The van der Waals surface area contributed by atoms with Crippen molar-refractivity contribution in [1.82, 2.24) is 0 Å². The molecule has 0 heterocycles. The van der Waals surface area contributed by atoms with Crippen LogP contribution in [0.25, 0.3) is 0 Å². The van der Waals surface area contributed by atoms with E-state index in [-0.39, 0.29) is 0 Å². The molecule has 44 valence electrons. The summed E-state index contributed by atoms with van der Waals surface area (Å²) in [5.41, 5.74) is 0. The largest absolute Gasteiger partial charge is 0.0499 e. The Labute approximate surface area is 50.3 Å². The first-order chi connectivity index (χ1) is 3.95. The van der Waals surface area contributed by atoms with Gasteiger partial charge in [-0.05, 0) is 49.4 Å². The van der Waals surface area contributed by atoms with Gasteiger partial charge in [0.2, 0.25) is 0 Å². The average Bonchev–Trinajstić information content (AvgIpc) is 2.39. The van der Waals surface area contributed by atoms with Crippen molar-refractivity contribution < 1.29 is 0 Å². The Bertz CT molecular complexity index is 114. The predicted octanol–water partition coefficient (Wildman–Crippen LogP) is 2.05. The van der Waals surface area contributed by atoms with Crippen LogP contribution in [0.1, 0.15) is 25.7 Å². The van der Waals surface area contributed by atoms with Gasteiger partial charge in [-0.1, -0.05) is 0 Å². The van der Waals surface area contributed by atoms with Gasteiger partial charge in [-0.15, -0.1) is 0 Å². The zero-order chi connectivity index (χ0) is 5.14. The van der Waals surface area contributed by atoms with Crippen LogP contribution < -0.4 is 0 Å². The highest BCUT2D eigenvalue weighted by atomic mass is 14.6. The van der Waals surface area contributed by atoms with Crippen molar-refractivity contribution in [3.05, 3.63) is 0 Å². The van der Waals surface area contributed by atoms with E-state index in [1.54, 1.807) is 25.7 Å². The highest BCUT2D eigenvalue weighted by Crippen LogP contribution is 2.65. The molecule has 0 aromatic heterocycles. The maximum atomic E-state index is 1.62. The minimum absolute atomic E-state index is 1.21. The summed E-state index contributed by atoms with van der Waals surface area (Å²) in [5.74, 6) is 4.91. The predicted molar refractivity (Wildman–Crippen MR) is 32.4 cm³/mol. The van der Waals surface area contributed by atoms with E-state index in [0.717, 1.165) is 0 Å². The van der Waals surface area contributed by atoms with Gasteiger partial charge in [-0.3, -0.25) is 0 Å². The topological polar surface area (TPSA) is 0 Å². The van der Waals surface area contributed by atoms with E-state index in [1.165, 1.54) is 23.7 Å². The van der Waals surface area contributed by atoms with Gasteiger partial charge in [0, 0.05) is 0 Å². The third-order valence-corrected chi connectivity index (χ3v) is 3.62. The quantitative estimate of drug-likeness (QED) is 0.445. The van der Waals surface area contributed by atoms with Crippen LogP contribution in [0.2, 0.25) is 0 Å². The molecule has 0 spiro atoms. The first-order valence-corrected chi connectivity index (χ1v) is 3.95. The zero-order valence-corrected chi connectivity index (χ0v) is 5.14. The van der Waals surface area contributed by atoms with Crippen LogP contribution in [0, 0.1) is 23.7 Å². The number of rotatable bonds is 0. The maximum absolute atomic E-state index is 1.62. The lowest BCUT2D eigenvalue weighted by Gasteiger charge is -2.04. The lowest BCUT2D eigenvalue weighted by molar-refractivity contribution is 0.456. The molecule has 0 aliphatic heterocycles. The minimum atomic E-state index is 1.21. The standard InChI is InChI=1S/C8H12/c1-2-6-3-5(1)7-4-8(6)7/h5-8H,1-4H2/t5-,6?,7+,8+/m0/s1. The van der Waals surface area contributed by atoms with Gasteiger partial charge in [0.1, 0.15) is 0 Å². The normalized spacial score (nSPS) is 66.0. The molecule has 3 saturated carbocycles. The summed E-state index contributed by atoms with van der Waals surface area (Å²) < 4.78 is 0. The molecule has 0 heteroatoms. The van der Waals surface area contributed by atoms with Crippen molar-refractivity contribution in [3.8, 4) is 0 Å². The molecule has 3 aliphatic rings. The number of fused-ring (bicyclic) bond motifs is 5. The SMILES string of the molecule is C1C[C@H]2CC1[C@H]1C[C@H]21. The molecule has 0 amide bonds. The van der Waals surface area contributed by atoms with Crippen LogP contribution in [0.4, 0.5) is 0 Å². The summed E-state index contributed by atoms with van der Waals surface area (Å²) in [6.45, 7) is 0. The Balaban J connectivity index is 2.02. The molecule has 0 saturated heterocycles. The van der Waals surface area contributed by atoms with Gasteiger partial charge in [-0.2, -0.15) is 0 Å². The van der Waals surface area contributed by atoms with E-state index in [1.807, 2.05) is 0 Å². The van der Waals surface area contributed by atoms with Crippen LogP contribution in [0.15, 0.2) is 0 Å². The minimum Gasteiger partial charge on any atom is -0.0499 e. The summed E-state index contributed by atoms with van der Waals surface area (Å²) in [4.78, 5) is 0. The van der Waals surface area contributed by atoms with E-state index in [9.17, 15) is 0 Å².